The lowest BCUT2D eigenvalue weighted by molar-refractivity contribution is -0.384. The van der Waals surface area contributed by atoms with Crippen LogP contribution < -0.4 is 10.1 Å². The predicted octanol–water partition coefficient (Wildman–Crippen LogP) is 4.73. The van der Waals surface area contributed by atoms with Crippen LogP contribution in [0.5, 0.6) is 5.75 Å². The van der Waals surface area contributed by atoms with E-state index < -0.39 is 4.92 Å². The van der Waals surface area contributed by atoms with Crippen LogP contribution >= 0.6 is 0 Å². The number of nitrogens with zero attached hydrogens (tertiary/aromatic N) is 2. The van der Waals surface area contributed by atoms with Crippen molar-refractivity contribution >= 4 is 28.4 Å². The van der Waals surface area contributed by atoms with E-state index in [-0.39, 0.29) is 18.2 Å². The molecule has 0 aliphatic heterocycles. The number of benzene rings is 3. The van der Waals surface area contributed by atoms with Gasteiger partial charge in [-0.2, -0.15) is 0 Å². The molecule has 0 unspecified atom stereocenters. The molecule has 150 valence electrons. The lowest BCUT2D eigenvalue weighted by atomic mass is 10.1. The van der Waals surface area contributed by atoms with Gasteiger partial charge in [0.1, 0.15) is 11.3 Å². The van der Waals surface area contributed by atoms with E-state index in [1.54, 1.807) is 12.1 Å². The van der Waals surface area contributed by atoms with E-state index in [1.807, 2.05) is 37.3 Å². The number of aromatic nitrogens is 1. The van der Waals surface area contributed by atoms with Crippen molar-refractivity contribution in [2.75, 3.05) is 11.9 Å². The number of amides is 1. The number of oxazole rings is 1. The zero-order chi connectivity index (χ0) is 21.1. The molecule has 0 aliphatic rings. The van der Waals surface area contributed by atoms with Crippen LogP contribution in [0.2, 0.25) is 0 Å². The Morgan fingerprint density at radius 2 is 1.90 bits per heavy atom. The van der Waals surface area contributed by atoms with Gasteiger partial charge in [0.15, 0.2) is 12.2 Å². The number of nitro groups is 1. The van der Waals surface area contributed by atoms with Crippen molar-refractivity contribution in [3.05, 3.63) is 82.4 Å². The number of carbonyl (C=O) groups is 1. The molecule has 1 heterocycles. The molecular formula is C22H17N3O5. The van der Waals surface area contributed by atoms with Crippen molar-refractivity contribution in [3.8, 4) is 17.2 Å². The number of ether oxygens (including phenoxy) is 1. The summed E-state index contributed by atoms with van der Waals surface area (Å²) >= 11 is 0. The van der Waals surface area contributed by atoms with E-state index in [1.165, 1.54) is 24.3 Å². The Balaban J connectivity index is 1.48. The Labute approximate surface area is 171 Å². The van der Waals surface area contributed by atoms with Gasteiger partial charge in [0.05, 0.1) is 16.2 Å². The molecule has 3 aromatic carbocycles. The van der Waals surface area contributed by atoms with Crippen LogP contribution in [0.25, 0.3) is 22.6 Å². The largest absolute Gasteiger partial charge is 0.484 e. The van der Waals surface area contributed by atoms with Crippen LogP contribution in [0, 0.1) is 17.0 Å². The number of fused-ring (bicyclic) bond motifs is 1. The van der Waals surface area contributed by atoms with Crippen LogP contribution in [0.3, 0.4) is 0 Å². The summed E-state index contributed by atoms with van der Waals surface area (Å²) in [6, 6.07) is 18.4. The molecule has 0 spiro atoms. The summed E-state index contributed by atoms with van der Waals surface area (Å²) < 4.78 is 11.3. The molecule has 1 N–H and O–H groups in total. The Hall–Kier alpha value is -4.20. The zero-order valence-corrected chi connectivity index (χ0v) is 16.0. The second-order valence-electron chi connectivity index (χ2n) is 6.62. The van der Waals surface area contributed by atoms with Crippen LogP contribution in [0.1, 0.15) is 5.56 Å². The number of hydrogen-bond acceptors (Lipinski definition) is 6. The zero-order valence-electron chi connectivity index (χ0n) is 16.0. The number of anilines is 1. The molecule has 0 fully saturated rings. The van der Waals surface area contributed by atoms with Crippen LogP contribution in [-0.4, -0.2) is 22.4 Å². The SMILES string of the molecule is Cc1ccc2oc(-c3ccccc3NC(=O)COc3ccc([N+](=O)[O-])cc3)nc2c1. The highest BCUT2D eigenvalue weighted by molar-refractivity contribution is 5.96. The van der Waals surface area contributed by atoms with Gasteiger partial charge in [0.2, 0.25) is 5.89 Å². The van der Waals surface area contributed by atoms with Crippen LogP contribution in [0.15, 0.2) is 71.1 Å². The molecule has 4 aromatic rings. The number of hydrogen-bond donors (Lipinski definition) is 1. The molecule has 0 saturated carbocycles. The summed E-state index contributed by atoms with van der Waals surface area (Å²) in [5.41, 5.74) is 3.63. The summed E-state index contributed by atoms with van der Waals surface area (Å²) in [6.07, 6.45) is 0. The number of aryl methyl sites for hydroxylation is 1. The third-order valence-corrected chi connectivity index (χ3v) is 4.39. The van der Waals surface area contributed by atoms with Crippen LogP contribution in [0.4, 0.5) is 11.4 Å². The Morgan fingerprint density at radius 1 is 1.13 bits per heavy atom. The standard InChI is InChI=1S/C22H17N3O5/c1-14-6-11-20-19(12-14)24-22(30-20)17-4-2-3-5-18(17)23-21(26)13-29-16-9-7-15(8-10-16)25(27)28/h2-12H,13H2,1H3,(H,23,26). The van der Waals surface area contributed by atoms with Gasteiger partial charge in [-0.05, 0) is 48.9 Å². The quantitative estimate of drug-likeness (QED) is 0.368. The average Bonchev–Trinajstić information content (AvgIpc) is 3.16. The number of non-ortho nitro benzene ring substituents is 1. The summed E-state index contributed by atoms with van der Waals surface area (Å²) in [6.45, 7) is 1.73. The lowest BCUT2D eigenvalue weighted by Crippen LogP contribution is -2.20. The summed E-state index contributed by atoms with van der Waals surface area (Å²) in [5.74, 6) is 0.383. The minimum Gasteiger partial charge on any atom is -0.484 e. The van der Waals surface area contributed by atoms with E-state index in [4.69, 9.17) is 9.15 Å². The van der Waals surface area contributed by atoms with Gasteiger partial charge in [-0.1, -0.05) is 18.2 Å². The van der Waals surface area contributed by atoms with Gasteiger partial charge in [-0.15, -0.1) is 0 Å². The number of nitrogens with one attached hydrogen (secondary N) is 1. The highest BCUT2D eigenvalue weighted by Crippen LogP contribution is 2.30. The van der Waals surface area contributed by atoms with E-state index in [0.717, 1.165) is 11.1 Å². The first kappa shape index (κ1) is 19.1. The average molecular weight is 403 g/mol. The molecule has 30 heavy (non-hydrogen) atoms. The summed E-state index contributed by atoms with van der Waals surface area (Å²) in [5, 5.41) is 13.5. The topological polar surface area (TPSA) is 108 Å². The summed E-state index contributed by atoms with van der Waals surface area (Å²) in [7, 11) is 0. The highest BCUT2D eigenvalue weighted by atomic mass is 16.6. The minimum atomic E-state index is -0.499. The van der Waals surface area contributed by atoms with Gasteiger partial charge in [0, 0.05) is 12.1 Å². The fraction of sp³-hybridized carbons (Fsp3) is 0.0909. The van der Waals surface area contributed by atoms with Gasteiger partial charge in [-0.25, -0.2) is 4.98 Å². The molecule has 1 aromatic heterocycles. The van der Waals surface area contributed by atoms with Crippen molar-refractivity contribution < 1.29 is 18.9 Å². The third-order valence-electron chi connectivity index (χ3n) is 4.39. The maximum Gasteiger partial charge on any atom is 0.269 e. The van der Waals surface area contributed by atoms with Gasteiger partial charge < -0.3 is 14.5 Å². The van der Waals surface area contributed by atoms with E-state index in [9.17, 15) is 14.9 Å². The first-order valence-corrected chi connectivity index (χ1v) is 9.13. The van der Waals surface area contributed by atoms with Crippen molar-refractivity contribution in [2.45, 2.75) is 6.92 Å². The Morgan fingerprint density at radius 3 is 2.67 bits per heavy atom. The molecule has 8 nitrogen and oxygen atoms in total. The van der Waals surface area contributed by atoms with Crippen molar-refractivity contribution in [1.82, 2.24) is 4.98 Å². The fourth-order valence-corrected chi connectivity index (χ4v) is 2.93. The van der Waals surface area contributed by atoms with E-state index in [0.29, 0.717) is 28.5 Å². The fourth-order valence-electron chi connectivity index (χ4n) is 2.93. The highest BCUT2D eigenvalue weighted by Gasteiger charge is 2.14. The molecule has 0 saturated heterocycles. The lowest BCUT2D eigenvalue weighted by Gasteiger charge is -2.10. The predicted molar refractivity (Wildman–Crippen MR) is 111 cm³/mol. The number of carbonyl (C=O) groups excluding carboxylic acids is 1. The third kappa shape index (κ3) is 4.12. The molecular weight excluding hydrogens is 386 g/mol. The number of rotatable bonds is 6. The van der Waals surface area contributed by atoms with Crippen molar-refractivity contribution in [3.63, 3.8) is 0 Å². The molecule has 8 heteroatoms. The second kappa shape index (κ2) is 8.04. The van der Waals surface area contributed by atoms with Crippen molar-refractivity contribution in [2.24, 2.45) is 0 Å². The molecule has 0 aliphatic carbocycles. The molecule has 1 amide bonds. The Kier molecular flexibility index (Phi) is 5.13. The van der Waals surface area contributed by atoms with E-state index in [2.05, 4.69) is 10.3 Å². The normalized spacial score (nSPS) is 10.7. The maximum absolute atomic E-state index is 12.4. The number of nitro benzene ring substituents is 1. The van der Waals surface area contributed by atoms with Crippen molar-refractivity contribution in [1.29, 1.82) is 0 Å². The minimum absolute atomic E-state index is 0.0470. The van der Waals surface area contributed by atoms with Crippen LogP contribution in [-0.2, 0) is 4.79 Å². The molecule has 4 rings (SSSR count). The maximum atomic E-state index is 12.4. The molecule has 0 atom stereocenters. The molecule has 0 bridgehead atoms. The van der Waals surface area contributed by atoms with E-state index >= 15 is 0 Å². The second-order valence-corrected chi connectivity index (χ2v) is 6.62. The monoisotopic (exact) mass is 403 g/mol. The number of para-hydroxylation sites is 1. The van der Waals surface area contributed by atoms with Gasteiger partial charge in [-0.3, -0.25) is 14.9 Å². The van der Waals surface area contributed by atoms with Gasteiger partial charge in [0.25, 0.3) is 11.6 Å². The Bertz CT molecular complexity index is 1230. The first-order valence-electron chi connectivity index (χ1n) is 9.13. The smallest absolute Gasteiger partial charge is 0.269 e. The summed E-state index contributed by atoms with van der Waals surface area (Å²) in [4.78, 5) is 27.1. The first-order chi connectivity index (χ1) is 14.5. The van der Waals surface area contributed by atoms with Gasteiger partial charge >= 0.3 is 0 Å². The molecule has 0 radical (unpaired) electrons.